The summed E-state index contributed by atoms with van der Waals surface area (Å²) in [6.45, 7) is 0. The lowest BCUT2D eigenvalue weighted by Crippen LogP contribution is -2.09. The van der Waals surface area contributed by atoms with Crippen molar-refractivity contribution in [1.82, 2.24) is 0 Å². The molecule has 0 atom stereocenters. The lowest BCUT2D eigenvalue weighted by atomic mass is 9.85. The molecule has 1 aromatic carbocycles. The second-order valence-corrected chi connectivity index (χ2v) is 6.14. The highest BCUT2D eigenvalue weighted by atomic mass is 16.4. The Balaban J connectivity index is 1.81. The van der Waals surface area contributed by atoms with E-state index in [1.807, 2.05) is 18.2 Å². The number of nitrogens with zero attached hydrogens (tertiary/aromatic N) is 1. The zero-order valence-corrected chi connectivity index (χ0v) is 12.6. The summed E-state index contributed by atoms with van der Waals surface area (Å²) in [6, 6.07) is 5.80. The van der Waals surface area contributed by atoms with E-state index in [2.05, 4.69) is 5.16 Å². The van der Waals surface area contributed by atoms with Crippen molar-refractivity contribution >= 4 is 17.2 Å². The van der Waals surface area contributed by atoms with Crippen LogP contribution in [0.1, 0.15) is 49.7 Å². The summed E-state index contributed by atoms with van der Waals surface area (Å²) >= 11 is 0. The van der Waals surface area contributed by atoms with Crippen LogP contribution in [0.5, 0.6) is 0 Å². The molecule has 3 rings (SSSR count). The summed E-state index contributed by atoms with van der Waals surface area (Å²) in [5.74, 6) is 0.828. The first-order chi connectivity index (χ1) is 10.8. The van der Waals surface area contributed by atoms with Crippen LogP contribution in [0.3, 0.4) is 0 Å². The standard InChI is InChI=1S/C18H21NO3/c20-18-15(11-19-21)12-22-17-9-8-14(10-16(17)18)7-6-13-4-2-1-3-5-13/h8-13,21H,1-7H2. The van der Waals surface area contributed by atoms with Crippen LogP contribution in [0.25, 0.3) is 11.0 Å². The van der Waals surface area contributed by atoms with Crippen LogP contribution in [-0.2, 0) is 6.42 Å². The largest absolute Gasteiger partial charge is 0.463 e. The molecule has 0 radical (unpaired) electrons. The Kier molecular flexibility index (Phi) is 4.56. The highest BCUT2D eigenvalue weighted by Crippen LogP contribution is 2.27. The molecule has 2 aromatic rings. The number of benzene rings is 1. The molecule has 0 unspecified atom stereocenters. The number of fused-ring (bicyclic) bond motifs is 1. The van der Waals surface area contributed by atoms with E-state index in [1.54, 1.807) is 0 Å². The summed E-state index contributed by atoms with van der Waals surface area (Å²) in [7, 11) is 0. The smallest absolute Gasteiger partial charge is 0.201 e. The van der Waals surface area contributed by atoms with Gasteiger partial charge in [-0.15, -0.1) is 0 Å². The third kappa shape index (κ3) is 3.21. The van der Waals surface area contributed by atoms with Crippen molar-refractivity contribution in [3.63, 3.8) is 0 Å². The molecule has 0 spiro atoms. The molecule has 1 aromatic heterocycles. The van der Waals surface area contributed by atoms with Gasteiger partial charge in [0.2, 0.25) is 5.43 Å². The monoisotopic (exact) mass is 299 g/mol. The molecular weight excluding hydrogens is 278 g/mol. The minimum atomic E-state index is -0.154. The zero-order valence-electron chi connectivity index (χ0n) is 12.6. The van der Waals surface area contributed by atoms with E-state index in [4.69, 9.17) is 9.62 Å². The first-order valence-corrected chi connectivity index (χ1v) is 8.00. The average molecular weight is 299 g/mol. The molecule has 1 saturated carbocycles. The summed E-state index contributed by atoms with van der Waals surface area (Å²) in [6.07, 6.45) is 11.4. The Hall–Kier alpha value is -2.10. The molecule has 0 aliphatic heterocycles. The highest BCUT2D eigenvalue weighted by Gasteiger charge is 2.13. The van der Waals surface area contributed by atoms with Crippen molar-refractivity contribution in [2.24, 2.45) is 11.1 Å². The van der Waals surface area contributed by atoms with Gasteiger partial charge in [0.15, 0.2) is 0 Å². The topological polar surface area (TPSA) is 62.8 Å². The molecule has 22 heavy (non-hydrogen) atoms. The number of hydrogen-bond acceptors (Lipinski definition) is 4. The van der Waals surface area contributed by atoms with Gasteiger partial charge in [0.25, 0.3) is 0 Å². The van der Waals surface area contributed by atoms with Gasteiger partial charge in [-0.25, -0.2) is 0 Å². The predicted molar refractivity (Wildman–Crippen MR) is 86.8 cm³/mol. The van der Waals surface area contributed by atoms with Gasteiger partial charge < -0.3 is 9.62 Å². The van der Waals surface area contributed by atoms with E-state index < -0.39 is 0 Å². The fraction of sp³-hybridized carbons (Fsp3) is 0.444. The fourth-order valence-electron chi connectivity index (χ4n) is 3.35. The van der Waals surface area contributed by atoms with Gasteiger partial charge in [0.05, 0.1) is 17.2 Å². The quantitative estimate of drug-likeness (QED) is 0.525. The first-order valence-electron chi connectivity index (χ1n) is 8.00. The van der Waals surface area contributed by atoms with Gasteiger partial charge in [-0.05, 0) is 36.5 Å². The molecule has 1 aliphatic carbocycles. The second-order valence-electron chi connectivity index (χ2n) is 6.14. The summed E-state index contributed by atoms with van der Waals surface area (Å²) in [4.78, 5) is 12.3. The Labute approximate surface area is 129 Å². The number of hydrogen-bond donors (Lipinski definition) is 1. The molecule has 0 amide bonds. The van der Waals surface area contributed by atoms with Crippen molar-refractivity contribution in [3.05, 3.63) is 45.8 Å². The van der Waals surface area contributed by atoms with Crippen LogP contribution >= 0.6 is 0 Å². The van der Waals surface area contributed by atoms with E-state index in [-0.39, 0.29) is 11.0 Å². The molecule has 1 fully saturated rings. The molecule has 1 heterocycles. The van der Waals surface area contributed by atoms with Crippen LogP contribution in [0.2, 0.25) is 0 Å². The normalized spacial score (nSPS) is 16.5. The van der Waals surface area contributed by atoms with Crippen LogP contribution < -0.4 is 5.43 Å². The van der Waals surface area contributed by atoms with Gasteiger partial charge in [-0.2, -0.15) is 0 Å². The Morgan fingerprint density at radius 1 is 1.27 bits per heavy atom. The maximum atomic E-state index is 12.3. The van der Waals surface area contributed by atoms with E-state index in [0.717, 1.165) is 18.6 Å². The van der Waals surface area contributed by atoms with Crippen molar-refractivity contribution in [2.75, 3.05) is 0 Å². The van der Waals surface area contributed by atoms with E-state index in [9.17, 15) is 4.79 Å². The molecule has 4 heteroatoms. The van der Waals surface area contributed by atoms with Crippen LogP contribution in [0, 0.1) is 5.92 Å². The first kappa shape index (κ1) is 14.8. The highest BCUT2D eigenvalue weighted by molar-refractivity contribution is 5.86. The summed E-state index contributed by atoms with van der Waals surface area (Å²) < 4.78 is 5.42. The van der Waals surface area contributed by atoms with Crippen LogP contribution in [0.4, 0.5) is 0 Å². The third-order valence-corrected chi connectivity index (χ3v) is 4.63. The lowest BCUT2D eigenvalue weighted by molar-refractivity contribution is 0.321. The van der Waals surface area contributed by atoms with Crippen LogP contribution in [0.15, 0.2) is 38.8 Å². The van der Waals surface area contributed by atoms with Gasteiger partial charge in [-0.3, -0.25) is 4.79 Å². The Morgan fingerprint density at radius 2 is 2.09 bits per heavy atom. The van der Waals surface area contributed by atoms with Crippen molar-refractivity contribution in [3.8, 4) is 0 Å². The molecular formula is C18H21NO3. The van der Waals surface area contributed by atoms with Crippen molar-refractivity contribution in [2.45, 2.75) is 44.9 Å². The molecule has 116 valence electrons. The average Bonchev–Trinajstić information content (AvgIpc) is 2.57. The van der Waals surface area contributed by atoms with E-state index in [0.29, 0.717) is 11.0 Å². The maximum Gasteiger partial charge on any atom is 0.201 e. The Bertz CT molecular complexity index is 727. The molecule has 0 bridgehead atoms. The minimum Gasteiger partial charge on any atom is -0.463 e. The second kappa shape index (κ2) is 6.77. The van der Waals surface area contributed by atoms with Gasteiger partial charge in [0, 0.05) is 0 Å². The van der Waals surface area contributed by atoms with Gasteiger partial charge in [0.1, 0.15) is 11.8 Å². The SMILES string of the molecule is O=c1c(C=NO)coc2ccc(CCC3CCCCC3)cc12. The minimum absolute atomic E-state index is 0.154. The molecule has 0 saturated heterocycles. The molecule has 1 N–H and O–H groups in total. The third-order valence-electron chi connectivity index (χ3n) is 4.63. The number of oxime groups is 1. The number of aryl methyl sites for hydroxylation is 1. The van der Waals surface area contributed by atoms with Gasteiger partial charge in [-0.1, -0.05) is 43.3 Å². The fourth-order valence-corrected chi connectivity index (χ4v) is 3.35. The van der Waals surface area contributed by atoms with E-state index >= 15 is 0 Å². The Morgan fingerprint density at radius 3 is 2.86 bits per heavy atom. The van der Waals surface area contributed by atoms with Crippen molar-refractivity contribution in [1.29, 1.82) is 0 Å². The summed E-state index contributed by atoms with van der Waals surface area (Å²) in [5.41, 5.74) is 1.85. The summed E-state index contributed by atoms with van der Waals surface area (Å²) in [5, 5.41) is 12.1. The maximum absolute atomic E-state index is 12.3. The zero-order chi connectivity index (χ0) is 15.4. The van der Waals surface area contributed by atoms with Crippen LogP contribution in [-0.4, -0.2) is 11.4 Å². The molecule has 1 aliphatic rings. The molecule has 4 nitrogen and oxygen atoms in total. The lowest BCUT2D eigenvalue weighted by Gasteiger charge is -2.21. The van der Waals surface area contributed by atoms with E-state index in [1.165, 1.54) is 50.4 Å². The number of rotatable bonds is 4. The van der Waals surface area contributed by atoms with Gasteiger partial charge >= 0.3 is 0 Å². The van der Waals surface area contributed by atoms with Crippen molar-refractivity contribution < 1.29 is 9.62 Å². The predicted octanol–water partition coefficient (Wildman–Crippen LogP) is 4.11.